The minimum Gasteiger partial charge on any atom is -0.305 e. The number of rotatable bonds is 4. The van der Waals surface area contributed by atoms with Crippen LogP contribution in [0.15, 0.2) is 30.5 Å². The zero-order valence-electron chi connectivity index (χ0n) is 11.6. The molecule has 4 heteroatoms. The van der Waals surface area contributed by atoms with Crippen LogP contribution >= 0.6 is 0 Å². The fraction of sp³-hybridized carbons (Fsp3) is 0.333. The Labute approximate surface area is 113 Å². The number of aromatic nitrogens is 2. The van der Waals surface area contributed by atoms with Crippen molar-refractivity contribution in [3.05, 3.63) is 47.2 Å². The van der Waals surface area contributed by atoms with Crippen molar-refractivity contribution < 1.29 is 4.79 Å². The Morgan fingerprint density at radius 2 is 1.95 bits per heavy atom. The van der Waals surface area contributed by atoms with E-state index in [2.05, 4.69) is 17.3 Å². The SMILES string of the molecule is CCCn1ccc(NC(=O)c2cc(C)cc(C)c2)n1. The number of amides is 1. The summed E-state index contributed by atoms with van der Waals surface area (Å²) in [6, 6.07) is 7.62. The maximum atomic E-state index is 12.1. The van der Waals surface area contributed by atoms with E-state index >= 15 is 0 Å². The van der Waals surface area contributed by atoms with Gasteiger partial charge in [-0.2, -0.15) is 5.10 Å². The molecule has 0 atom stereocenters. The highest BCUT2D eigenvalue weighted by molar-refractivity contribution is 6.03. The number of nitrogens with one attached hydrogen (secondary N) is 1. The largest absolute Gasteiger partial charge is 0.305 e. The normalized spacial score (nSPS) is 10.5. The Bertz CT molecular complexity index is 567. The van der Waals surface area contributed by atoms with Gasteiger partial charge in [0.25, 0.3) is 5.91 Å². The first-order valence-electron chi connectivity index (χ1n) is 6.51. The zero-order valence-corrected chi connectivity index (χ0v) is 11.6. The van der Waals surface area contributed by atoms with Crippen LogP contribution in [0.1, 0.15) is 34.8 Å². The van der Waals surface area contributed by atoms with Crippen LogP contribution in [-0.2, 0) is 6.54 Å². The summed E-state index contributed by atoms with van der Waals surface area (Å²) < 4.78 is 1.83. The number of benzene rings is 1. The van der Waals surface area contributed by atoms with E-state index in [0.29, 0.717) is 11.4 Å². The smallest absolute Gasteiger partial charge is 0.256 e. The highest BCUT2D eigenvalue weighted by Gasteiger charge is 2.08. The molecule has 4 nitrogen and oxygen atoms in total. The predicted octanol–water partition coefficient (Wildman–Crippen LogP) is 3.16. The van der Waals surface area contributed by atoms with Gasteiger partial charge in [0.1, 0.15) is 0 Å². The molecule has 0 aliphatic rings. The summed E-state index contributed by atoms with van der Waals surface area (Å²) in [6.07, 6.45) is 2.90. The molecule has 0 spiro atoms. The monoisotopic (exact) mass is 257 g/mol. The summed E-state index contributed by atoms with van der Waals surface area (Å²) >= 11 is 0. The standard InChI is InChI=1S/C15H19N3O/c1-4-6-18-7-5-14(17-18)16-15(19)13-9-11(2)8-12(3)10-13/h5,7-10H,4,6H2,1-3H3,(H,16,17,19). The molecule has 2 rings (SSSR count). The van der Waals surface area contributed by atoms with Gasteiger partial charge in [-0.3, -0.25) is 9.48 Å². The third kappa shape index (κ3) is 3.44. The van der Waals surface area contributed by atoms with Crippen molar-refractivity contribution in [2.24, 2.45) is 0 Å². The summed E-state index contributed by atoms with van der Waals surface area (Å²) in [7, 11) is 0. The van der Waals surface area contributed by atoms with E-state index in [0.717, 1.165) is 24.1 Å². The van der Waals surface area contributed by atoms with Crippen molar-refractivity contribution >= 4 is 11.7 Å². The maximum absolute atomic E-state index is 12.1. The predicted molar refractivity (Wildman–Crippen MR) is 76.4 cm³/mol. The molecule has 0 bridgehead atoms. The van der Waals surface area contributed by atoms with E-state index in [4.69, 9.17) is 0 Å². The van der Waals surface area contributed by atoms with Gasteiger partial charge in [-0.05, 0) is 32.4 Å². The third-order valence-corrected chi connectivity index (χ3v) is 2.82. The average Bonchev–Trinajstić information content (AvgIpc) is 2.76. The van der Waals surface area contributed by atoms with Gasteiger partial charge in [-0.25, -0.2) is 0 Å². The van der Waals surface area contributed by atoms with Crippen LogP contribution in [0, 0.1) is 13.8 Å². The molecule has 19 heavy (non-hydrogen) atoms. The van der Waals surface area contributed by atoms with Gasteiger partial charge in [0.2, 0.25) is 0 Å². The van der Waals surface area contributed by atoms with Gasteiger partial charge in [0, 0.05) is 24.4 Å². The van der Waals surface area contributed by atoms with Gasteiger partial charge >= 0.3 is 0 Å². The number of nitrogens with zero attached hydrogens (tertiary/aromatic N) is 2. The molecule has 1 amide bonds. The molecule has 100 valence electrons. The lowest BCUT2D eigenvalue weighted by molar-refractivity contribution is 0.102. The molecule has 0 aliphatic heterocycles. The lowest BCUT2D eigenvalue weighted by atomic mass is 10.1. The van der Waals surface area contributed by atoms with E-state index in [1.165, 1.54) is 0 Å². The zero-order chi connectivity index (χ0) is 13.8. The van der Waals surface area contributed by atoms with Crippen LogP contribution in [0.25, 0.3) is 0 Å². The number of hydrogen-bond donors (Lipinski definition) is 1. The molecular formula is C15H19N3O. The van der Waals surface area contributed by atoms with Crippen LogP contribution in [0.5, 0.6) is 0 Å². The van der Waals surface area contributed by atoms with Crippen LogP contribution in [-0.4, -0.2) is 15.7 Å². The number of anilines is 1. The van der Waals surface area contributed by atoms with Gasteiger partial charge in [0.05, 0.1) is 0 Å². The quantitative estimate of drug-likeness (QED) is 0.914. The van der Waals surface area contributed by atoms with E-state index in [-0.39, 0.29) is 5.91 Å². The Balaban J connectivity index is 2.11. The second kappa shape index (κ2) is 5.69. The van der Waals surface area contributed by atoms with Crippen molar-refractivity contribution in [2.75, 3.05) is 5.32 Å². The van der Waals surface area contributed by atoms with E-state index in [1.807, 2.05) is 49.0 Å². The highest BCUT2D eigenvalue weighted by atomic mass is 16.1. The van der Waals surface area contributed by atoms with Crippen LogP contribution in [0.4, 0.5) is 5.82 Å². The van der Waals surface area contributed by atoms with Crippen LogP contribution in [0.2, 0.25) is 0 Å². The molecule has 0 unspecified atom stereocenters. The first-order valence-corrected chi connectivity index (χ1v) is 6.51. The lowest BCUT2D eigenvalue weighted by Crippen LogP contribution is -2.13. The van der Waals surface area contributed by atoms with Gasteiger partial charge in [0.15, 0.2) is 5.82 Å². The Morgan fingerprint density at radius 3 is 2.58 bits per heavy atom. The Morgan fingerprint density at radius 1 is 1.26 bits per heavy atom. The molecule has 0 aliphatic carbocycles. The lowest BCUT2D eigenvalue weighted by Gasteiger charge is -2.05. The first-order chi connectivity index (χ1) is 9.08. The van der Waals surface area contributed by atoms with Gasteiger partial charge in [-0.1, -0.05) is 24.1 Å². The van der Waals surface area contributed by atoms with Crippen LogP contribution < -0.4 is 5.32 Å². The molecule has 1 N–H and O–H groups in total. The van der Waals surface area contributed by atoms with Gasteiger partial charge in [-0.15, -0.1) is 0 Å². The van der Waals surface area contributed by atoms with Crippen molar-refractivity contribution in [1.82, 2.24) is 9.78 Å². The van der Waals surface area contributed by atoms with Crippen molar-refractivity contribution in [2.45, 2.75) is 33.7 Å². The number of carbonyl (C=O) groups excluding carboxylic acids is 1. The Kier molecular flexibility index (Phi) is 4.00. The van der Waals surface area contributed by atoms with Crippen LogP contribution in [0.3, 0.4) is 0 Å². The number of aryl methyl sites for hydroxylation is 3. The molecule has 1 aromatic carbocycles. The van der Waals surface area contributed by atoms with Crippen molar-refractivity contribution in [3.63, 3.8) is 0 Å². The first kappa shape index (κ1) is 13.3. The fourth-order valence-corrected chi connectivity index (χ4v) is 2.08. The van der Waals surface area contributed by atoms with Crippen molar-refractivity contribution in [1.29, 1.82) is 0 Å². The molecule has 1 aromatic heterocycles. The summed E-state index contributed by atoms with van der Waals surface area (Å²) in [5.41, 5.74) is 2.84. The molecule has 0 radical (unpaired) electrons. The minimum atomic E-state index is -0.117. The molecule has 0 saturated carbocycles. The highest BCUT2D eigenvalue weighted by Crippen LogP contribution is 2.11. The van der Waals surface area contributed by atoms with Crippen molar-refractivity contribution in [3.8, 4) is 0 Å². The molecule has 2 aromatic rings. The Hall–Kier alpha value is -2.10. The summed E-state index contributed by atoms with van der Waals surface area (Å²) in [5.74, 6) is 0.478. The minimum absolute atomic E-state index is 0.117. The second-order valence-corrected chi connectivity index (χ2v) is 4.79. The maximum Gasteiger partial charge on any atom is 0.256 e. The van der Waals surface area contributed by atoms with E-state index in [1.54, 1.807) is 0 Å². The van der Waals surface area contributed by atoms with E-state index in [9.17, 15) is 4.79 Å². The molecule has 1 heterocycles. The topological polar surface area (TPSA) is 46.9 Å². The number of carbonyl (C=O) groups is 1. The summed E-state index contributed by atoms with van der Waals surface area (Å²) in [6.45, 7) is 6.92. The van der Waals surface area contributed by atoms with Gasteiger partial charge < -0.3 is 5.32 Å². The third-order valence-electron chi connectivity index (χ3n) is 2.82. The summed E-state index contributed by atoms with van der Waals surface area (Å²) in [4.78, 5) is 12.1. The average molecular weight is 257 g/mol. The fourth-order valence-electron chi connectivity index (χ4n) is 2.08. The molecule has 0 saturated heterocycles. The van der Waals surface area contributed by atoms with E-state index < -0.39 is 0 Å². The summed E-state index contributed by atoms with van der Waals surface area (Å²) in [5, 5.41) is 7.12. The molecular weight excluding hydrogens is 238 g/mol. The second-order valence-electron chi connectivity index (χ2n) is 4.79. The number of hydrogen-bond acceptors (Lipinski definition) is 2. The molecule has 0 fully saturated rings.